The van der Waals surface area contributed by atoms with Crippen molar-refractivity contribution in [1.29, 1.82) is 5.41 Å². The van der Waals surface area contributed by atoms with Gasteiger partial charge in [0, 0.05) is 17.0 Å². The number of hydrogen-bond acceptors (Lipinski definition) is 3. The Bertz CT molecular complexity index is 372. The van der Waals surface area contributed by atoms with Crippen LogP contribution < -0.4 is 5.73 Å². The second kappa shape index (κ2) is 3.26. The van der Waals surface area contributed by atoms with Crippen LogP contribution in [0, 0.1) is 5.41 Å². The van der Waals surface area contributed by atoms with Gasteiger partial charge in [-0.15, -0.1) is 0 Å². The highest BCUT2D eigenvalue weighted by atomic mass is 16.4. The number of nitrogens with one attached hydrogen (secondary N) is 1. The highest BCUT2D eigenvalue weighted by Gasteiger charge is 2.14. The molecule has 0 atom stereocenters. The summed E-state index contributed by atoms with van der Waals surface area (Å²) in [4.78, 5) is 10.8. The van der Waals surface area contributed by atoms with Crippen LogP contribution in [0.3, 0.4) is 0 Å². The topological polar surface area (TPSA) is 87.2 Å². The van der Waals surface area contributed by atoms with Crippen LogP contribution in [0.4, 0.5) is 5.69 Å². The minimum atomic E-state index is -1.10. The molecule has 1 aromatic rings. The average Bonchev–Trinajstić information content (AvgIpc) is 2.02. The summed E-state index contributed by atoms with van der Waals surface area (Å²) in [7, 11) is 0. The molecule has 0 saturated carbocycles. The van der Waals surface area contributed by atoms with Gasteiger partial charge in [-0.25, -0.2) is 4.79 Å². The van der Waals surface area contributed by atoms with Crippen molar-refractivity contribution in [2.75, 3.05) is 5.73 Å². The lowest BCUT2D eigenvalue weighted by Gasteiger charge is -2.06. The highest BCUT2D eigenvalue weighted by molar-refractivity contribution is 6.08. The Hall–Kier alpha value is -1.84. The van der Waals surface area contributed by atoms with E-state index in [1.54, 1.807) is 12.1 Å². The van der Waals surface area contributed by atoms with Crippen LogP contribution in [0.5, 0.6) is 0 Å². The zero-order valence-corrected chi connectivity index (χ0v) is 7.16. The van der Waals surface area contributed by atoms with Crippen molar-refractivity contribution in [3.63, 3.8) is 0 Å². The van der Waals surface area contributed by atoms with E-state index in [1.165, 1.54) is 13.0 Å². The average molecular weight is 178 g/mol. The van der Waals surface area contributed by atoms with Gasteiger partial charge in [-0.2, -0.15) is 0 Å². The molecule has 0 amide bonds. The number of carboxylic acid groups (broad SMARTS) is 1. The molecule has 0 aliphatic heterocycles. The third kappa shape index (κ3) is 1.66. The minimum Gasteiger partial charge on any atom is -0.478 e. The van der Waals surface area contributed by atoms with Gasteiger partial charge < -0.3 is 16.2 Å². The van der Waals surface area contributed by atoms with Gasteiger partial charge >= 0.3 is 5.97 Å². The molecule has 4 N–H and O–H groups in total. The summed E-state index contributed by atoms with van der Waals surface area (Å²) in [5.74, 6) is -1.10. The fraction of sp³-hybridized carbons (Fsp3) is 0.111. The van der Waals surface area contributed by atoms with E-state index < -0.39 is 5.97 Å². The SMILES string of the molecule is CC(=N)c1cccc(N)c1C(=O)O. The van der Waals surface area contributed by atoms with E-state index in [0.717, 1.165) is 0 Å². The highest BCUT2D eigenvalue weighted by Crippen LogP contribution is 2.17. The number of rotatable bonds is 2. The standard InChI is InChI=1S/C9H10N2O2/c1-5(10)6-3-2-4-7(11)8(6)9(12)13/h2-4,10H,11H2,1H3,(H,12,13). The second-order valence-corrected chi connectivity index (χ2v) is 2.70. The quantitative estimate of drug-likeness (QED) is 0.472. The van der Waals surface area contributed by atoms with Gasteiger partial charge in [-0.05, 0) is 13.0 Å². The third-order valence-electron chi connectivity index (χ3n) is 1.71. The Balaban J connectivity index is 3.43. The third-order valence-corrected chi connectivity index (χ3v) is 1.71. The molecule has 0 aromatic heterocycles. The molecule has 0 aliphatic rings. The van der Waals surface area contributed by atoms with Gasteiger partial charge in [0.15, 0.2) is 0 Å². The fourth-order valence-corrected chi connectivity index (χ4v) is 1.12. The molecule has 4 heteroatoms. The molecule has 1 rings (SSSR count). The summed E-state index contributed by atoms with van der Waals surface area (Å²) < 4.78 is 0. The first-order valence-corrected chi connectivity index (χ1v) is 3.71. The molecule has 1 aromatic carbocycles. The molecular formula is C9H10N2O2. The Morgan fingerprint density at radius 2 is 2.15 bits per heavy atom. The summed E-state index contributed by atoms with van der Waals surface area (Å²) in [5, 5.41) is 16.2. The van der Waals surface area contributed by atoms with E-state index in [4.69, 9.17) is 16.2 Å². The number of nitrogens with two attached hydrogens (primary N) is 1. The van der Waals surface area contributed by atoms with Crippen LogP contribution in [0.1, 0.15) is 22.8 Å². The number of carbonyl (C=O) groups is 1. The molecule has 68 valence electrons. The number of anilines is 1. The zero-order valence-electron chi connectivity index (χ0n) is 7.16. The first-order chi connectivity index (χ1) is 6.04. The van der Waals surface area contributed by atoms with Crippen LogP contribution in [0.2, 0.25) is 0 Å². The van der Waals surface area contributed by atoms with Crippen molar-refractivity contribution in [3.05, 3.63) is 29.3 Å². The van der Waals surface area contributed by atoms with Gasteiger partial charge in [-0.1, -0.05) is 12.1 Å². The molecule has 0 heterocycles. The molecule has 0 bridgehead atoms. The lowest BCUT2D eigenvalue weighted by molar-refractivity contribution is 0.0698. The van der Waals surface area contributed by atoms with Gasteiger partial charge in [0.1, 0.15) is 0 Å². The van der Waals surface area contributed by atoms with E-state index in [0.29, 0.717) is 5.56 Å². The predicted molar refractivity (Wildman–Crippen MR) is 50.3 cm³/mol. The van der Waals surface area contributed by atoms with E-state index >= 15 is 0 Å². The van der Waals surface area contributed by atoms with E-state index in [2.05, 4.69) is 0 Å². The van der Waals surface area contributed by atoms with Crippen LogP contribution in [0.15, 0.2) is 18.2 Å². The van der Waals surface area contributed by atoms with Gasteiger partial charge in [0.05, 0.1) is 5.56 Å². The molecule has 0 radical (unpaired) electrons. The molecule has 13 heavy (non-hydrogen) atoms. The summed E-state index contributed by atoms with van der Waals surface area (Å²) in [6.07, 6.45) is 0. The summed E-state index contributed by atoms with van der Waals surface area (Å²) >= 11 is 0. The number of carboxylic acids is 1. The minimum absolute atomic E-state index is 0.00926. The van der Waals surface area contributed by atoms with Crippen molar-refractivity contribution in [2.24, 2.45) is 0 Å². The molecular weight excluding hydrogens is 168 g/mol. The lowest BCUT2D eigenvalue weighted by Crippen LogP contribution is -2.09. The first-order valence-electron chi connectivity index (χ1n) is 3.71. The molecule has 0 unspecified atom stereocenters. The second-order valence-electron chi connectivity index (χ2n) is 2.70. The smallest absolute Gasteiger partial charge is 0.338 e. The molecule has 0 aliphatic carbocycles. The van der Waals surface area contributed by atoms with Crippen molar-refractivity contribution < 1.29 is 9.90 Å². The van der Waals surface area contributed by atoms with Crippen LogP contribution in [-0.2, 0) is 0 Å². The Labute approximate surface area is 75.5 Å². The predicted octanol–water partition coefficient (Wildman–Crippen LogP) is 1.35. The lowest BCUT2D eigenvalue weighted by atomic mass is 10.0. The Kier molecular flexibility index (Phi) is 2.32. The Morgan fingerprint density at radius 1 is 1.54 bits per heavy atom. The van der Waals surface area contributed by atoms with Crippen molar-refractivity contribution in [3.8, 4) is 0 Å². The van der Waals surface area contributed by atoms with Crippen LogP contribution in [-0.4, -0.2) is 16.8 Å². The fourth-order valence-electron chi connectivity index (χ4n) is 1.12. The summed E-state index contributed by atoms with van der Waals surface area (Å²) in [6.45, 7) is 1.53. The molecule has 0 spiro atoms. The zero-order chi connectivity index (χ0) is 10.0. The monoisotopic (exact) mass is 178 g/mol. The number of nitrogen functional groups attached to an aromatic ring is 1. The molecule has 4 nitrogen and oxygen atoms in total. The number of aromatic carboxylic acids is 1. The van der Waals surface area contributed by atoms with Crippen LogP contribution >= 0.6 is 0 Å². The van der Waals surface area contributed by atoms with Gasteiger partial charge in [0.25, 0.3) is 0 Å². The van der Waals surface area contributed by atoms with E-state index in [1.807, 2.05) is 0 Å². The maximum atomic E-state index is 10.8. The first kappa shape index (κ1) is 9.25. The summed E-state index contributed by atoms with van der Waals surface area (Å²) in [5.41, 5.74) is 6.25. The van der Waals surface area contributed by atoms with E-state index in [-0.39, 0.29) is 17.0 Å². The normalized spacial score (nSPS) is 9.62. The van der Waals surface area contributed by atoms with Crippen LogP contribution in [0.25, 0.3) is 0 Å². The van der Waals surface area contributed by atoms with Crippen molar-refractivity contribution >= 4 is 17.4 Å². The van der Waals surface area contributed by atoms with Crippen molar-refractivity contribution in [2.45, 2.75) is 6.92 Å². The molecule has 0 saturated heterocycles. The molecule has 0 fully saturated rings. The maximum absolute atomic E-state index is 10.8. The van der Waals surface area contributed by atoms with Gasteiger partial charge in [-0.3, -0.25) is 0 Å². The number of benzene rings is 1. The Morgan fingerprint density at radius 3 is 2.54 bits per heavy atom. The number of hydrogen-bond donors (Lipinski definition) is 3. The summed E-state index contributed by atoms with van der Waals surface area (Å²) in [6, 6.07) is 4.72. The van der Waals surface area contributed by atoms with Gasteiger partial charge in [0.2, 0.25) is 0 Å². The van der Waals surface area contributed by atoms with E-state index in [9.17, 15) is 4.79 Å². The maximum Gasteiger partial charge on any atom is 0.338 e. The largest absolute Gasteiger partial charge is 0.478 e. The van der Waals surface area contributed by atoms with Crippen molar-refractivity contribution in [1.82, 2.24) is 0 Å².